The van der Waals surface area contributed by atoms with Crippen LogP contribution in [0, 0.1) is 10.1 Å². The van der Waals surface area contributed by atoms with Crippen molar-refractivity contribution in [2.45, 2.75) is 26.0 Å². The van der Waals surface area contributed by atoms with Crippen LogP contribution in [0.5, 0.6) is 5.75 Å². The fraction of sp³-hybridized carbons (Fsp3) is 0.294. The molecule has 1 unspecified atom stereocenters. The summed E-state index contributed by atoms with van der Waals surface area (Å²) >= 11 is 0. The minimum atomic E-state index is -3.11. The molecule has 0 saturated heterocycles. The van der Waals surface area contributed by atoms with E-state index in [-0.39, 0.29) is 6.04 Å². The Morgan fingerprint density at radius 3 is 2.75 bits per heavy atom. The summed E-state index contributed by atoms with van der Waals surface area (Å²) in [5, 5.41) is 11.0. The molecule has 0 fully saturated rings. The van der Waals surface area contributed by atoms with Crippen LogP contribution in [0.2, 0.25) is 0 Å². The molecule has 0 radical (unpaired) electrons. The lowest BCUT2D eigenvalue weighted by molar-refractivity contribution is -0.386. The van der Waals surface area contributed by atoms with E-state index in [0.717, 1.165) is 6.42 Å². The van der Waals surface area contributed by atoms with Crippen LogP contribution in [0.25, 0.3) is 0 Å². The number of hydrogen-bond acceptors (Lipinski definition) is 4. The topological polar surface area (TPSA) is 55.6 Å². The Hall–Kier alpha value is -2.70. The van der Waals surface area contributed by atoms with E-state index in [1.807, 2.05) is 30.0 Å². The molecule has 5 nitrogen and oxygen atoms in total. The maximum Gasteiger partial charge on any atom is 0.387 e. The molecular weight excluding hydrogens is 318 g/mol. The Morgan fingerprint density at radius 2 is 2.04 bits per heavy atom. The van der Waals surface area contributed by atoms with Crippen molar-refractivity contribution in [3.8, 4) is 5.75 Å². The normalized spacial score (nSPS) is 16.8. The number of fused-ring (bicyclic) bond motifs is 1. The van der Waals surface area contributed by atoms with Crippen molar-refractivity contribution >= 4 is 11.4 Å². The molecule has 0 amide bonds. The summed E-state index contributed by atoms with van der Waals surface area (Å²) in [6.45, 7) is -0.393. The monoisotopic (exact) mass is 334 g/mol. The van der Waals surface area contributed by atoms with Gasteiger partial charge in [0.05, 0.1) is 11.0 Å². The maximum atomic E-state index is 12.6. The molecular formula is C17H16F2N2O3. The molecule has 0 aliphatic carbocycles. The lowest BCUT2D eigenvalue weighted by Crippen LogP contribution is -2.33. The fourth-order valence-electron chi connectivity index (χ4n) is 3.15. The van der Waals surface area contributed by atoms with Crippen LogP contribution in [0.4, 0.5) is 20.2 Å². The number of alkyl halides is 2. The van der Waals surface area contributed by atoms with E-state index < -0.39 is 23.0 Å². The molecule has 1 heterocycles. The second-order valence-electron chi connectivity index (χ2n) is 5.61. The molecule has 24 heavy (non-hydrogen) atoms. The van der Waals surface area contributed by atoms with Crippen LogP contribution in [0.3, 0.4) is 0 Å². The maximum absolute atomic E-state index is 12.6. The van der Waals surface area contributed by atoms with Crippen molar-refractivity contribution in [1.82, 2.24) is 0 Å². The predicted molar refractivity (Wildman–Crippen MR) is 85.6 cm³/mol. The van der Waals surface area contributed by atoms with Gasteiger partial charge in [0.15, 0.2) is 0 Å². The van der Waals surface area contributed by atoms with Crippen molar-refractivity contribution in [2.75, 3.05) is 11.4 Å². The molecule has 1 aliphatic heterocycles. The summed E-state index contributed by atoms with van der Waals surface area (Å²) in [7, 11) is 0. The van der Waals surface area contributed by atoms with Crippen LogP contribution in [0.15, 0.2) is 42.5 Å². The summed E-state index contributed by atoms with van der Waals surface area (Å²) < 4.78 is 29.4. The first-order chi connectivity index (χ1) is 11.5. The third kappa shape index (κ3) is 3.02. The highest BCUT2D eigenvalue weighted by molar-refractivity contribution is 5.61. The van der Waals surface area contributed by atoms with E-state index in [0.29, 0.717) is 12.2 Å². The second-order valence-corrected chi connectivity index (χ2v) is 5.61. The van der Waals surface area contributed by atoms with Gasteiger partial charge in [-0.1, -0.05) is 24.3 Å². The Labute approximate surface area is 137 Å². The van der Waals surface area contributed by atoms with Gasteiger partial charge in [-0.15, -0.1) is 0 Å². The van der Waals surface area contributed by atoms with Crippen molar-refractivity contribution in [1.29, 1.82) is 0 Å². The number of halogens is 2. The van der Waals surface area contributed by atoms with Gasteiger partial charge in [-0.25, -0.2) is 0 Å². The number of anilines is 1. The number of hydrogen-bond donors (Lipinski definition) is 0. The van der Waals surface area contributed by atoms with Crippen molar-refractivity contribution in [2.24, 2.45) is 0 Å². The Morgan fingerprint density at radius 1 is 1.29 bits per heavy atom. The lowest BCUT2D eigenvalue weighted by atomic mass is 9.93. The van der Waals surface area contributed by atoms with Crippen molar-refractivity contribution < 1.29 is 18.4 Å². The van der Waals surface area contributed by atoms with E-state index in [9.17, 15) is 18.9 Å². The molecule has 126 valence electrons. The van der Waals surface area contributed by atoms with E-state index in [1.54, 1.807) is 6.07 Å². The third-order valence-corrected chi connectivity index (χ3v) is 4.28. The highest BCUT2D eigenvalue weighted by atomic mass is 19.3. The molecule has 1 aliphatic rings. The van der Waals surface area contributed by atoms with Crippen LogP contribution in [-0.2, 0) is 6.42 Å². The molecule has 0 bridgehead atoms. The zero-order valence-corrected chi connectivity index (χ0v) is 13.0. The fourth-order valence-corrected chi connectivity index (χ4v) is 3.15. The van der Waals surface area contributed by atoms with Gasteiger partial charge in [-0.05, 0) is 30.5 Å². The molecule has 2 aromatic carbocycles. The van der Waals surface area contributed by atoms with Gasteiger partial charge in [0.1, 0.15) is 0 Å². The van der Waals surface area contributed by atoms with Crippen molar-refractivity contribution in [3.05, 3.63) is 63.7 Å². The average molecular weight is 334 g/mol. The molecule has 2 aromatic rings. The molecule has 0 saturated carbocycles. The first-order valence-electron chi connectivity index (χ1n) is 7.55. The number of nitro benzene ring substituents is 1. The van der Waals surface area contributed by atoms with Gasteiger partial charge < -0.3 is 9.64 Å². The minimum absolute atomic E-state index is 0.0378. The smallest absolute Gasteiger partial charge is 0.387 e. The van der Waals surface area contributed by atoms with E-state index in [4.69, 9.17) is 0 Å². The number of rotatable bonds is 4. The Balaban J connectivity index is 1.96. The van der Waals surface area contributed by atoms with Crippen LogP contribution >= 0.6 is 0 Å². The summed E-state index contributed by atoms with van der Waals surface area (Å²) in [4.78, 5) is 12.3. The van der Waals surface area contributed by atoms with E-state index >= 15 is 0 Å². The lowest BCUT2D eigenvalue weighted by Gasteiger charge is -2.37. The van der Waals surface area contributed by atoms with Crippen LogP contribution < -0.4 is 9.64 Å². The van der Waals surface area contributed by atoms with Gasteiger partial charge >= 0.3 is 12.3 Å². The standard InChI is InChI=1S/C17H16F2N2O3/c1-11-14-5-3-2-4-12(14)8-9-20(11)13-6-7-15(21(22)23)16(10-13)24-17(18)19/h2-7,10-11,17H,8-9H2,1H3. The van der Waals surface area contributed by atoms with Gasteiger partial charge in [0, 0.05) is 24.4 Å². The summed E-state index contributed by atoms with van der Waals surface area (Å²) in [5.74, 6) is -0.418. The molecule has 3 rings (SSSR count). The zero-order chi connectivity index (χ0) is 17.3. The van der Waals surface area contributed by atoms with Gasteiger partial charge in [0.2, 0.25) is 5.75 Å². The number of nitrogens with zero attached hydrogens (tertiary/aromatic N) is 2. The number of nitro groups is 1. The highest BCUT2D eigenvalue weighted by Crippen LogP contribution is 2.38. The van der Waals surface area contributed by atoms with Gasteiger partial charge in [-0.3, -0.25) is 10.1 Å². The Bertz CT molecular complexity index is 767. The van der Waals surface area contributed by atoms with Gasteiger partial charge in [0.25, 0.3) is 0 Å². The van der Waals surface area contributed by atoms with Crippen LogP contribution in [0.1, 0.15) is 24.1 Å². The zero-order valence-electron chi connectivity index (χ0n) is 13.0. The summed E-state index contributed by atoms with van der Waals surface area (Å²) in [5.41, 5.74) is 2.58. The number of benzene rings is 2. The van der Waals surface area contributed by atoms with E-state index in [2.05, 4.69) is 10.8 Å². The quantitative estimate of drug-likeness (QED) is 0.617. The molecule has 7 heteroatoms. The number of ether oxygens (including phenoxy) is 1. The second kappa shape index (κ2) is 6.43. The van der Waals surface area contributed by atoms with Crippen LogP contribution in [-0.4, -0.2) is 18.1 Å². The summed E-state index contributed by atoms with van der Waals surface area (Å²) in [6.07, 6.45) is 0.822. The van der Waals surface area contributed by atoms with Crippen molar-refractivity contribution in [3.63, 3.8) is 0 Å². The Kier molecular flexibility index (Phi) is 4.33. The molecule has 0 spiro atoms. The third-order valence-electron chi connectivity index (χ3n) is 4.28. The first-order valence-corrected chi connectivity index (χ1v) is 7.55. The SMILES string of the molecule is CC1c2ccccc2CCN1c1ccc([N+](=O)[O-])c(OC(F)F)c1. The molecule has 0 N–H and O–H groups in total. The van der Waals surface area contributed by atoms with Gasteiger partial charge in [-0.2, -0.15) is 8.78 Å². The average Bonchev–Trinajstić information content (AvgIpc) is 2.54. The molecule has 0 aromatic heterocycles. The van der Waals surface area contributed by atoms with E-state index in [1.165, 1.54) is 23.3 Å². The largest absolute Gasteiger partial charge is 0.427 e. The minimum Gasteiger partial charge on any atom is -0.427 e. The first kappa shape index (κ1) is 16.2. The molecule has 1 atom stereocenters. The highest BCUT2D eigenvalue weighted by Gasteiger charge is 2.26. The summed E-state index contributed by atoms with van der Waals surface area (Å²) in [6, 6.07) is 12.2. The predicted octanol–water partition coefficient (Wildman–Crippen LogP) is 4.32.